The van der Waals surface area contributed by atoms with E-state index in [0.29, 0.717) is 6.42 Å². The number of aliphatic hydroxyl groups excluding tert-OH is 2. The van der Waals surface area contributed by atoms with Crippen molar-refractivity contribution < 1.29 is 15.0 Å². The maximum Gasteiger partial charge on any atom is 0.220 e. The summed E-state index contributed by atoms with van der Waals surface area (Å²) in [5.74, 6) is -0.0897. The summed E-state index contributed by atoms with van der Waals surface area (Å²) in [6.07, 6.45) is 104. The first-order valence-corrected chi connectivity index (χ1v) is 31.7. The molecule has 0 heterocycles. The normalized spacial score (nSPS) is 13.9. The highest BCUT2D eigenvalue weighted by Gasteiger charge is 2.18. The second kappa shape index (κ2) is 65.3. The molecule has 0 aliphatic carbocycles. The Balaban J connectivity index is 3.66. The van der Waals surface area contributed by atoms with E-state index in [9.17, 15) is 15.0 Å². The Bertz CT molecular complexity index is 1610. The van der Waals surface area contributed by atoms with Crippen LogP contribution in [-0.2, 0) is 4.79 Å². The minimum atomic E-state index is -0.879. The van der Waals surface area contributed by atoms with Gasteiger partial charge in [0.25, 0.3) is 0 Å². The summed E-state index contributed by atoms with van der Waals surface area (Å²) < 4.78 is 0. The van der Waals surface area contributed by atoms with E-state index in [4.69, 9.17) is 0 Å². The Labute approximate surface area is 471 Å². The van der Waals surface area contributed by atoms with Crippen molar-refractivity contribution in [1.29, 1.82) is 0 Å². The van der Waals surface area contributed by atoms with E-state index >= 15 is 0 Å². The number of unbranched alkanes of at least 4 members (excludes halogenated alkanes) is 25. The quantitative estimate of drug-likeness (QED) is 0.0420. The summed E-state index contributed by atoms with van der Waals surface area (Å²) in [4.78, 5) is 12.5. The van der Waals surface area contributed by atoms with Crippen LogP contribution in [-0.4, -0.2) is 34.9 Å². The molecule has 0 rings (SSSR count). The molecule has 0 saturated carbocycles. The molecular formula is C72H119NO3. The van der Waals surface area contributed by atoms with Gasteiger partial charge in [0.05, 0.1) is 18.8 Å². The van der Waals surface area contributed by atoms with Crippen LogP contribution in [0.2, 0.25) is 0 Å². The topological polar surface area (TPSA) is 69.6 Å². The van der Waals surface area contributed by atoms with E-state index < -0.39 is 12.1 Å². The average molecular weight is 1050 g/mol. The van der Waals surface area contributed by atoms with Gasteiger partial charge in [0.2, 0.25) is 5.91 Å². The maximum atomic E-state index is 12.5. The predicted octanol–water partition coefficient (Wildman–Crippen LogP) is 21.7. The number of nitrogens with one attached hydrogen (secondary N) is 1. The predicted molar refractivity (Wildman–Crippen MR) is 340 cm³/mol. The van der Waals surface area contributed by atoms with E-state index in [2.05, 4.69) is 165 Å². The number of amides is 1. The molecule has 0 aromatic carbocycles. The molecule has 0 bridgehead atoms. The first kappa shape index (κ1) is 72.0. The zero-order valence-corrected chi connectivity index (χ0v) is 49.5. The third-order valence-corrected chi connectivity index (χ3v) is 13.5. The van der Waals surface area contributed by atoms with Crippen LogP contribution in [0, 0.1) is 0 Å². The fourth-order valence-corrected chi connectivity index (χ4v) is 8.73. The highest BCUT2D eigenvalue weighted by molar-refractivity contribution is 5.76. The van der Waals surface area contributed by atoms with E-state index in [1.807, 2.05) is 6.08 Å². The van der Waals surface area contributed by atoms with Gasteiger partial charge in [-0.2, -0.15) is 0 Å². The van der Waals surface area contributed by atoms with Crippen molar-refractivity contribution in [1.82, 2.24) is 5.32 Å². The molecule has 3 N–H and O–H groups in total. The summed E-state index contributed by atoms with van der Waals surface area (Å²) in [7, 11) is 0. The Morgan fingerprint density at radius 1 is 0.329 bits per heavy atom. The molecule has 0 spiro atoms. The van der Waals surface area contributed by atoms with E-state index in [0.717, 1.165) is 116 Å². The molecule has 1 amide bonds. The van der Waals surface area contributed by atoms with Crippen LogP contribution < -0.4 is 5.32 Å². The largest absolute Gasteiger partial charge is 0.394 e. The van der Waals surface area contributed by atoms with Crippen LogP contribution in [0.15, 0.2) is 158 Å². The molecular weight excluding hydrogens is 927 g/mol. The lowest BCUT2D eigenvalue weighted by molar-refractivity contribution is -0.123. The van der Waals surface area contributed by atoms with Crippen molar-refractivity contribution in [3.8, 4) is 0 Å². The van der Waals surface area contributed by atoms with Gasteiger partial charge in [-0.25, -0.2) is 0 Å². The molecule has 0 aromatic rings. The molecule has 4 heteroatoms. The summed E-state index contributed by atoms with van der Waals surface area (Å²) in [6, 6.07) is -0.658. The first-order valence-electron chi connectivity index (χ1n) is 31.7. The molecule has 0 fully saturated rings. The number of hydrogen-bond acceptors (Lipinski definition) is 3. The molecule has 76 heavy (non-hydrogen) atoms. The molecule has 0 aliphatic heterocycles. The Morgan fingerprint density at radius 2 is 0.592 bits per heavy atom. The van der Waals surface area contributed by atoms with Crippen LogP contribution >= 0.6 is 0 Å². The Hall–Kier alpha value is -3.99. The van der Waals surface area contributed by atoms with Crippen molar-refractivity contribution in [2.75, 3.05) is 6.61 Å². The smallest absolute Gasteiger partial charge is 0.220 e. The first-order chi connectivity index (χ1) is 37.7. The molecule has 430 valence electrons. The second-order valence-corrected chi connectivity index (χ2v) is 20.7. The van der Waals surface area contributed by atoms with Gasteiger partial charge in [-0.3, -0.25) is 4.79 Å². The maximum absolute atomic E-state index is 12.5. The number of carbonyl (C=O) groups excluding carboxylic acids is 1. The number of carbonyl (C=O) groups is 1. The zero-order chi connectivity index (χ0) is 54.8. The lowest BCUT2D eigenvalue weighted by Crippen LogP contribution is -2.45. The highest BCUT2D eigenvalue weighted by Crippen LogP contribution is 2.15. The number of allylic oxidation sites excluding steroid dienone is 25. The fraction of sp³-hybridized carbons (Fsp3) is 0.625. The molecule has 0 radical (unpaired) electrons. The minimum absolute atomic E-state index is 0.0897. The van der Waals surface area contributed by atoms with Gasteiger partial charge in [0.15, 0.2) is 0 Å². The Morgan fingerprint density at radius 3 is 0.921 bits per heavy atom. The van der Waals surface area contributed by atoms with Gasteiger partial charge in [-0.15, -0.1) is 0 Å². The molecule has 2 atom stereocenters. The van der Waals surface area contributed by atoms with Crippen molar-refractivity contribution in [2.24, 2.45) is 0 Å². The molecule has 0 aromatic heterocycles. The monoisotopic (exact) mass is 1050 g/mol. The standard InChI is InChI=1S/C72H119NO3/c1-3-5-7-9-11-13-15-17-19-21-23-25-27-28-29-30-31-32-33-34-35-36-37-38-39-40-41-42-43-44-46-48-50-52-54-56-58-60-62-64-66-68-72(76)73-70(69-74)71(75)67-65-63-61-59-57-55-53-51-49-47-45-26-24-22-20-18-16-14-12-10-8-6-4-2/h5,7,11,13,17,19,23,25,28-29,31-32,34-35,37-38,40-41,43-44,48,50,57,59,65,67,70-71,74-75H,3-4,6,8-10,12,14-16,18,20-22,24,26-27,30,33,36,39,42,45-47,49,51-56,58,60-64,66,68-69H2,1-2H3,(H,73,76)/b7-5-,13-11-,19-17-,25-23-,29-28-,32-31-,35-34-,38-37-,41-40-,44-43-,50-48-,59-57+,67-65+. The molecule has 2 unspecified atom stereocenters. The zero-order valence-electron chi connectivity index (χ0n) is 49.5. The van der Waals surface area contributed by atoms with Crippen molar-refractivity contribution in [3.63, 3.8) is 0 Å². The van der Waals surface area contributed by atoms with Gasteiger partial charge in [0, 0.05) is 6.42 Å². The summed E-state index contributed by atoms with van der Waals surface area (Å²) in [5, 5.41) is 23.2. The van der Waals surface area contributed by atoms with Crippen LogP contribution in [0.5, 0.6) is 0 Å². The third kappa shape index (κ3) is 60.9. The van der Waals surface area contributed by atoms with Crippen molar-refractivity contribution in [3.05, 3.63) is 158 Å². The van der Waals surface area contributed by atoms with Crippen molar-refractivity contribution >= 4 is 5.91 Å². The van der Waals surface area contributed by atoms with Crippen LogP contribution in [0.4, 0.5) is 0 Å². The van der Waals surface area contributed by atoms with Gasteiger partial charge >= 0.3 is 0 Å². The minimum Gasteiger partial charge on any atom is -0.394 e. The average Bonchev–Trinajstić information content (AvgIpc) is 3.42. The number of rotatable bonds is 56. The highest BCUT2D eigenvalue weighted by atomic mass is 16.3. The second-order valence-electron chi connectivity index (χ2n) is 20.7. The lowest BCUT2D eigenvalue weighted by Gasteiger charge is -2.19. The molecule has 4 nitrogen and oxygen atoms in total. The molecule has 0 aliphatic rings. The summed E-state index contributed by atoms with van der Waals surface area (Å²) in [6.45, 7) is 4.18. The third-order valence-electron chi connectivity index (χ3n) is 13.5. The Kier molecular flexibility index (Phi) is 61.9. The van der Waals surface area contributed by atoms with E-state index in [1.54, 1.807) is 6.08 Å². The van der Waals surface area contributed by atoms with Crippen LogP contribution in [0.25, 0.3) is 0 Å². The van der Waals surface area contributed by atoms with Crippen LogP contribution in [0.3, 0.4) is 0 Å². The van der Waals surface area contributed by atoms with E-state index in [-0.39, 0.29) is 12.5 Å². The number of hydrogen-bond donors (Lipinski definition) is 3. The molecule has 0 saturated heterocycles. The SMILES string of the molecule is CC/C=C\C/C=C\C/C=C\C/C=C\C/C=C\C/C=C\C/C=C\C/C=C\C/C=C\C/C=C\C/C=C\CCCCCCCCCC(=O)NC(CO)C(O)/C=C/CC/C=C/CCCCCCCCCCCCCCCCCCC. The van der Waals surface area contributed by atoms with Gasteiger partial charge < -0.3 is 15.5 Å². The van der Waals surface area contributed by atoms with E-state index in [1.165, 1.54) is 135 Å². The van der Waals surface area contributed by atoms with Gasteiger partial charge in [-0.05, 0) is 116 Å². The lowest BCUT2D eigenvalue weighted by atomic mass is 10.0. The number of aliphatic hydroxyl groups is 2. The van der Waals surface area contributed by atoms with Gasteiger partial charge in [0.1, 0.15) is 0 Å². The summed E-state index contributed by atoms with van der Waals surface area (Å²) >= 11 is 0. The summed E-state index contributed by atoms with van der Waals surface area (Å²) in [5.41, 5.74) is 0. The van der Waals surface area contributed by atoms with Crippen molar-refractivity contribution in [2.45, 2.75) is 283 Å². The fourth-order valence-electron chi connectivity index (χ4n) is 8.73. The van der Waals surface area contributed by atoms with Gasteiger partial charge in [-0.1, -0.05) is 307 Å². The van der Waals surface area contributed by atoms with Crippen LogP contribution in [0.1, 0.15) is 271 Å².